The smallest absolute Gasteiger partial charge is 0.343 e. The van der Waals surface area contributed by atoms with E-state index in [4.69, 9.17) is 4.74 Å². The van der Waals surface area contributed by atoms with E-state index in [1.165, 1.54) is 24.3 Å². The van der Waals surface area contributed by atoms with E-state index in [0.717, 1.165) is 18.2 Å². The van der Waals surface area contributed by atoms with Crippen molar-refractivity contribution >= 4 is 0 Å². The van der Waals surface area contributed by atoms with Gasteiger partial charge in [0.05, 0.1) is 11.1 Å². The summed E-state index contributed by atoms with van der Waals surface area (Å²) in [6.07, 6.45) is 3.15. The molecule has 3 aromatic carbocycles. The summed E-state index contributed by atoms with van der Waals surface area (Å²) < 4.78 is 110. The van der Waals surface area contributed by atoms with Crippen molar-refractivity contribution in [1.82, 2.24) is 0 Å². The molecule has 0 spiro atoms. The van der Waals surface area contributed by atoms with Crippen molar-refractivity contribution < 1.29 is 35.5 Å². The highest BCUT2D eigenvalue weighted by Crippen LogP contribution is 2.60. The van der Waals surface area contributed by atoms with Gasteiger partial charge in [0.1, 0.15) is 18.2 Å². The number of rotatable bonds is 8. The van der Waals surface area contributed by atoms with Gasteiger partial charge in [-0.2, -0.15) is 17.6 Å². The molecule has 8 heteroatoms. The van der Waals surface area contributed by atoms with Gasteiger partial charge >= 0.3 is 11.8 Å². The fourth-order valence-electron chi connectivity index (χ4n) is 4.43. The third kappa shape index (κ3) is 4.16. The summed E-state index contributed by atoms with van der Waals surface area (Å²) in [6, 6.07) is 8.61. The van der Waals surface area contributed by atoms with Crippen molar-refractivity contribution in [3.8, 4) is 16.9 Å². The first-order chi connectivity index (χ1) is 17.0. The fourth-order valence-corrected chi connectivity index (χ4v) is 4.43. The van der Waals surface area contributed by atoms with Gasteiger partial charge in [0.2, 0.25) is 0 Å². The lowest BCUT2D eigenvalue weighted by molar-refractivity contribution is -0.228. The largest absolute Gasteiger partial charge is 0.486 e. The maximum Gasteiger partial charge on any atom is 0.343 e. The van der Waals surface area contributed by atoms with Crippen LogP contribution in [-0.4, -0.2) is 0 Å². The minimum Gasteiger partial charge on any atom is -0.486 e. The van der Waals surface area contributed by atoms with Crippen LogP contribution >= 0.6 is 0 Å². The Bertz CT molecular complexity index is 1310. The molecule has 190 valence electrons. The third-order valence-corrected chi connectivity index (χ3v) is 6.29. The number of hydrogen-bond donors (Lipinski definition) is 0. The molecule has 0 atom stereocenters. The van der Waals surface area contributed by atoms with Crippen molar-refractivity contribution in [1.29, 1.82) is 0 Å². The molecule has 0 amide bonds. The molecule has 0 radical (unpaired) electrons. The second kappa shape index (κ2) is 9.64. The van der Waals surface area contributed by atoms with E-state index in [0.29, 0.717) is 30.4 Å². The number of allylic oxidation sites excluding steroid dienone is 1. The van der Waals surface area contributed by atoms with Crippen LogP contribution < -0.4 is 4.74 Å². The van der Waals surface area contributed by atoms with Crippen LogP contribution in [0.4, 0.5) is 30.7 Å². The lowest BCUT2D eigenvalue weighted by atomic mass is 9.79. The van der Waals surface area contributed by atoms with E-state index >= 15 is 22.0 Å². The van der Waals surface area contributed by atoms with Gasteiger partial charge in [-0.25, -0.2) is 13.2 Å². The molecule has 3 aromatic rings. The summed E-state index contributed by atoms with van der Waals surface area (Å²) in [7, 11) is 0. The van der Waals surface area contributed by atoms with Crippen molar-refractivity contribution in [3.63, 3.8) is 0 Å². The molecule has 0 saturated heterocycles. The molecule has 4 rings (SSSR count). The van der Waals surface area contributed by atoms with Gasteiger partial charge in [-0.15, -0.1) is 6.58 Å². The van der Waals surface area contributed by atoms with Crippen LogP contribution in [-0.2, 0) is 31.3 Å². The van der Waals surface area contributed by atoms with Gasteiger partial charge in [-0.05, 0) is 65.3 Å². The maximum atomic E-state index is 15.3. The van der Waals surface area contributed by atoms with E-state index < -0.39 is 57.3 Å². The minimum absolute atomic E-state index is 0.0879. The number of ether oxygens (including phenoxy) is 1. The summed E-state index contributed by atoms with van der Waals surface area (Å²) >= 11 is 0. The second-order valence-corrected chi connectivity index (χ2v) is 8.70. The zero-order valence-corrected chi connectivity index (χ0v) is 19.4. The molecule has 0 aliphatic heterocycles. The highest BCUT2D eigenvalue weighted by Gasteiger charge is 2.65. The van der Waals surface area contributed by atoms with Gasteiger partial charge in [0.15, 0.2) is 11.6 Å². The predicted molar refractivity (Wildman–Crippen MR) is 123 cm³/mol. The molecule has 0 heterocycles. The third-order valence-electron chi connectivity index (χ3n) is 6.29. The number of alkyl halides is 4. The molecular weight excluding hydrogens is 485 g/mol. The Labute approximate surface area is 204 Å². The first-order valence-corrected chi connectivity index (χ1v) is 11.5. The lowest BCUT2D eigenvalue weighted by Gasteiger charge is -2.35. The number of halogens is 7. The monoisotopic (exact) mass is 508 g/mol. The van der Waals surface area contributed by atoms with Crippen molar-refractivity contribution in [2.45, 2.75) is 51.1 Å². The molecule has 1 nitrogen and oxygen atoms in total. The summed E-state index contributed by atoms with van der Waals surface area (Å²) in [4.78, 5) is 0. The van der Waals surface area contributed by atoms with Crippen LogP contribution in [0.3, 0.4) is 0 Å². The van der Waals surface area contributed by atoms with E-state index in [1.807, 2.05) is 0 Å². The zero-order valence-electron chi connectivity index (χ0n) is 19.4. The maximum absolute atomic E-state index is 15.3. The van der Waals surface area contributed by atoms with E-state index in [-0.39, 0.29) is 18.6 Å². The molecule has 1 aliphatic carbocycles. The number of fused-ring (bicyclic) bond motifs is 3. The second-order valence-electron chi connectivity index (χ2n) is 8.70. The van der Waals surface area contributed by atoms with E-state index in [1.54, 1.807) is 13.0 Å². The SMILES string of the molecule is C=CCCc1ccc(COc2ccc3c(c2F)C(F)(F)C(F)(F)c2c-3ccc(CCC)c2F)cc1F. The van der Waals surface area contributed by atoms with Gasteiger partial charge < -0.3 is 4.74 Å². The normalized spacial score (nSPS) is 15.2. The van der Waals surface area contributed by atoms with Gasteiger partial charge in [-0.1, -0.05) is 43.7 Å². The Hall–Kier alpha value is -3.29. The topological polar surface area (TPSA) is 9.23 Å². The number of benzene rings is 3. The average Bonchev–Trinajstić information content (AvgIpc) is 2.82. The minimum atomic E-state index is -5.04. The molecule has 1 aliphatic rings. The van der Waals surface area contributed by atoms with Crippen LogP contribution in [0.1, 0.15) is 47.6 Å². The predicted octanol–water partition coefficient (Wildman–Crippen LogP) is 8.62. The molecule has 36 heavy (non-hydrogen) atoms. The molecule has 0 saturated carbocycles. The van der Waals surface area contributed by atoms with E-state index in [9.17, 15) is 8.78 Å². The number of aryl methyl sites for hydroxylation is 2. The molecule has 0 bridgehead atoms. The Morgan fingerprint density at radius 1 is 0.806 bits per heavy atom. The Morgan fingerprint density at radius 3 is 2.03 bits per heavy atom. The molecular formula is C28H23F7O. The van der Waals surface area contributed by atoms with Crippen LogP contribution in [0.25, 0.3) is 11.1 Å². The van der Waals surface area contributed by atoms with Gasteiger partial charge in [-0.3, -0.25) is 0 Å². The summed E-state index contributed by atoms with van der Waals surface area (Å²) in [5, 5.41) is 0. The highest BCUT2D eigenvalue weighted by atomic mass is 19.3. The standard InChI is InChI=1S/C28H23F7O/c1-3-5-7-17-9-8-16(14-21(17)29)15-36-22-13-12-20-19-11-10-18(6-4-2)25(30)23(19)27(32,33)28(34,35)24(20)26(22)31/h3,8-14H,1,4-7,15H2,2H3. The lowest BCUT2D eigenvalue weighted by Crippen LogP contribution is -2.41. The highest BCUT2D eigenvalue weighted by molar-refractivity contribution is 5.77. The summed E-state index contributed by atoms with van der Waals surface area (Å²) in [5.74, 6) is -14.3. The van der Waals surface area contributed by atoms with Crippen molar-refractivity contribution in [3.05, 3.63) is 100 Å². The summed E-state index contributed by atoms with van der Waals surface area (Å²) in [6.45, 7) is 4.89. The zero-order chi connectivity index (χ0) is 26.3. The van der Waals surface area contributed by atoms with Gasteiger partial charge in [0, 0.05) is 0 Å². The first-order valence-electron chi connectivity index (χ1n) is 11.5. The molecule has 0 fully saturated rings. The molecule has 0 aromatic heterocycles. The Morgan fingerprint density at radius 2 is 1.42 bits per heavy atom. The Balaban J connectivity index is 1.72. The van der Waals surface area contributed by atoms with Crippen LogP contribution in [0.5, 0.6) is 5.75 Å². The Kier molecular flexibility index (Phi) is 6.90. The van der Waals surface area contributed by atoms with Crippen LogP contribution in [0.2, 0.25) is 0 Å². The number of hydrogen-bond acceptors (Lipinski definition) is 1. The van der Waals surface area contributed by atoms with Crippen LogP contribution in [0.15, 0.2) is 55.1 Å². The quantitative estimate of drug-likeness (QED) is 0.219. The van der Waals surface area contributed by atoms with Crippen molar-refractivity contribution in [2.75, 3.05) is 0 Å². The molecule has 0 N–H and O–H groups in total. The van der Waals surface area contributed by atoms with Crippen LogP contribution in [0, 0.1) is 17.5 Å². The first kappa shape index (κ1) is 25.8. The molecule has 0 unspecified atom stereocenters. The van der Waals surface area contributed by atoms with Gasteiger partial charge in [0.25, 0.3) is 0 Å². The fraction of sp³-hybridized carbons (Fsp3) is 0.286. The van der Waals surface area contributed by atoms with E-state index in [2.05, 4.69) is 6.58 Å². The summed E-state index contributed by atoms with van der Waals surface area (Å²) in [5.41, 5.74) is -3.42. The van der Waals surface area contributed by atoms with Crippen molar-refractivity contribution in [2.24, 2.45) is 0 Å². The average molecular weight is 508 g/mol.